The standard InChI is InChI=1S/C8H15NO3/c1-12-7(10)8(9-11)5-3-2-4-6-8/h9,11H,2-6H2,1H3. The van der Waals surface area contributed by atoms with Gasteiger partial charge in [0.05, 0.1) is 7.11 Å². The minimum atomic E-state index is -0.826. The van der Waals surface area contributed by atoms with Gasteiger partial charge in [-0.15, -0.1) is 0 Å². The van der Waals surface area contributed by atoms with Crippen LogP contribution in [0.3, 0.4) is 0 Å². The first-order chi connectivity index (χ1) is 5.75. The van der Waals surface area contributed by atoms with Crippen LogP contribution in [0.15, 0.2) is 0 Å². The van der Waals surface area contributed by atoms with E-state index in [2.05, 4.69) is 10.2 Å². The minimum Gasteiger partial charge on any atom is -0.468 e. The van der Waals surface area contributed by atoms with E-state index in [0.29, 0.717) is 12.8 Å². The van der Waals surface area contributed by atoms with Crippen LogP contribution in [0.5, 0.6) is 0 Å². The maximum atomic E-state index is 11.3. The van der Waals surface area contributed by atoms with Crippen molar-refractivity contribution in [3.8, 4) is 0 Å². The van der Waals surface area contributed by atoms with E-state index in [0.717, 1.165) is 19.3 Å². The van der Waals surface area contributed by atoms with Gasteiger partial charge in [-0.2, -0.15) is 5.48 Å². The Morgan fingerprint density at radius 2 is 2.00 bits per heavy atom. The fraction of sp³-hybridized carbons (Fsp3) is 0.875. The van der Waals surface area contributed by atoms with Gasteiger partial charge in [-0.05, 0) is 12.8 Å². The number of rotatable bonds is 2. The summed E-state index contributed by atoms with van der Waals surface area (Å²) in [6, 6.07) is 0. The third-order valence-electron chi connectivity index (χ3n) is 2.50. The van der Waals surface area contributed by atoms with Gasteiger partial charge in [0.25, 0.3) is 0 Å². The number of hydrogen-bond donors (Lipinski definition) is 2. The molecule has 0 saturated heterocycles. The van der Waals surface area contributed by atoms with Crippen LogP contribution >= 0.6 is 0 Å². The van der Waals surface area contributed by atoms with E-state index in [1.807, 2.05) is 0 Å². The summed E-state index contributed by atoms with van der Waals surface area (Å²) < 4.78 is 4.62. The van der Waals surface area contributed by atoms with Crippen LogP contribution in [0.1, 0.15) is 32.1 Å². The maximum absolute atomic E-state index is 11.3. The molecule has 0 aromatic rings. The van der Waals surface area contributed by atoms with Crippen molar-refractivity contribution in [2.75, 3.05) is 7.11 Å². The van der Waals surface area contributed by atoms with Crippen LogP contribution in [0.4, 0.5) is 0 Å². The van der Waals surface area contributed by atoms with Gasteiger partial charge in [0.2, 0.25) is 0 Å². The van der Waals surface area contributed by atoms with Crippen molar-refractivity contribution in [2.45, 2.75) is 37.6 Å². The summed E-state index contributed by atoms with van der Waals surface area (Å²) >= 11 is 0. The second-order valence-electron chi connectivity index (χ2n) is 3.25. The van der Waals surface area contributed by atoms with Gasteiger partial charge >= 0.3 is 5.97 Å². The monoisotopic (exact) mass is 173 g/mol. The van der Waals surface area contributed by atoms with Gasteiger partial charge < -0.3 is 9.94 Å². The predicted molar refractivity (Wildman–Crippen MR) is 42.8 cm³/mol. The molecule has 0 spiro atoms. The SMILES string of the molecule is COC(=O)C1(NO)CCCCC1. The highest BCUT2D eigenvalue weighted by atomic mass is 16.5. The molecule has 4 heteroatoms. The van der Waals surface area contributed by atoms with Crippen molar-refractivity contribution in [3.05, 3.63) is 0 Å². The largest absolute Gasteiger partial charge is 0.468 e. The Balaban J connectivity index is 2.66. The first-order valence-electron chi connectivity index (χ1n) is 4.25. The number of esters is 1. The van der Waals surface area contributed by atoms with Crippen molar-refractivity contribution in [3.63, 3.8) is 0 Å². The molecule has 0 unspecified atom stereocenters. The molecule has 0 aromatic heterocycles. The number of methoxy groups -OCH3 is 1. The summed E-state index contributed by atoms with van der Waals surface area (Å²) in [7, 11) is 1.34. The van der Waals surface area contributed by atoms with Gasteiger partial charge in [-0.3, -0.25) is 0 Å². The number of carbonyl (C=O) groups excluding carboxylic acids is 1. The average Bonchev–Trinajstić information content (AvgIpc) is 2.17. The lowest BCUT2D eigenvalue weighted by Gasteiger charge is -2.32. The molecular formula is C8H15NO3. The number of hydrogen-bond acceptors (Lipinski definition) is 4. The molecule has 1 aliphatic carbocycles. The molecule has 0 heterocycles. The maximum Gasteiger partial charge on any atom is 0.328 e. The Labute approximate surface area is 71.9 Å². The van der Waals surface area contributed by atoms with Crippen LogP contribution in [0.2, 0.25) is 0 Å². The molecule has 1 fully saturated rings. The van der Waals surface area contributed by atoms with Gasteiger partial charge in [-0.25, -0.2) is 4.79 Å². The van der Waals surface area contributed by atoms with Gasteiger partial charge in [0.15, 0.2) is 0 Å². The fourth-order valence-electron chi connectivity index (χ4n) is 1.71. The fourth-order valence-corrected chi connectivity index (χ4v) is 1.71. The molecule has 12 heavy (non-hydrogen) atoms. The zero-order chi connectivity index (χ0) is 9.03. The lowest BCUT2D eigenvalue weighted by Crippen LogP contribution is -2.52. The third-order valence-corrected chi connectivity index (χ3v) is 2.50. The molecular weight excluding hydrogens is 158 g/mol. The lowest BCUT2D eigenvalue weighted by atomic mass is 9.82. The minimum absolute atomic E-state index is 0.357. The molecule has 0 amide bonds. The van der Waals surface area contributed by atoms with Crippen molar-refractivity contribution < 1.29 is 14.7 Å². The number of carbonyl (C=O) groups is 1. The molecule has 0 aliphatic heterocycles. The Hall–Kier alpha value is -0.610. The summed E-state index contributed by atoms with van der Waals surface area (Å²) in [5.41, 5.74) is 1.27. The highest BCUT2D eigenvalue weighted by Gasteiger charge is 2.40. The lowest BCUT2D eigenvalue weighted by molar-refractivity contribution is -0.155. The highest BCUT2D eigenvalue weighted by Crippen LogP contribution is 2.28. The van der Waals surface area contributed by atoms with E-state index in [9.17, 15) is 4.79 Å². The number of nitrogens with one attached hydrogen (secondary N) is 1. The number of ether oxygens (including phenoxy) is 1. The summed E-state index contributed by atoms with van der Waals surface area (Å²) in [6.45, 7) is 0. The average molecular weight is 173 g/mol. The van der Waals surface area contributed by atoms with Crippen molar-refractivity contribution in [2.24, 2.45) is 0 Å². The molecule has 0 bridgehead atoms. The predicted octanol–water partition coefficient (Wildman–Crippen LogP) is 0.841. The van der Waals surface area contributed by atoms with Crippen LogP contribution in [-0.2, 0) is 9.53 Å². The van der Waals surface area contributed by atoms with E-state index in [-0.39, 0.29) is 5.97 Å². The Morgan fingerprint density at radius 3 is 2.42 bits per heavy atom. The van der Waals surface area contributed by atoms with Crippen molar-refractivity contribution in [1.82, 2.24) is 5.48 Å². The van der Waals surface area contributed by atoms with Crippen LogP contribution in [0.25, 0.3) is 0 Å². The summed E-state index contributed by atoms with van der Waals surface area (Å²) in [5.74, 6) is -0.357. The van der Waals surface area contributed by atoms with Crippen LogP contribution in [0, 0.1) is 0 Å². The second-order valence-corrected chi connectivity index (χ2v) is 3.25. The molecule has 70 valence electrons. The molecule has 2 N–H and O–H groups in total. The first kappa shape index (κ1) is 9.48. The molecule has 0 atom stereocenters. The quantitative estimate of drug-likeness (QED) is 0.480. The summed E-state index contributed by atoms with van der Waals surface area (Å²) in [5, 5.41) is 8.89. The molecule has 0 aromatic carbocycles. The van der Waals surface area contributed by atoms with E-state index < -0.39 is 5.54 Å². The van der Waals surface area contributed by atoms with Crippen molar-refractivity contribution >= 4 is 5.97 Å². The topological polar surface area (TPSA) is 58.6 Å². The molecule has 0 radical (unpaired) electrons. The van der Waals surface area contributed by atoms with Gasteiger partial charge in [0.1, 0.15) is 5.54 Å². The Kier molecular flexibility index (Phi) is 3.05. The summed E-state index contributed by atoms with van der Waals surface area (Å²) in [6.07, 6.45) is 4.37. The van der Waals surface area contributed by atoms with E-state index in [4.69, 9.17) is 5.21 Å². The normalized spacial score (nSPS) is 21.8. The zero-order valence-electron chi connectivity index (χ0n) is 7.30. The van der Waals surface area contributed by atoms with E-state index in [1.54, 1.807) is 0 Å². The summed E-state index contributed by atoms with van der Waals surface area (Å²) in [4.78, 5) is 11.3. The van der Waals surface area contributed by atoms with Crippen molar-refractivity contribution in [1.29, 1.82) is 0 Å². The molecule has 1 aliphatic rings. The van der Waals surface area contributed by atoms with Crippen LogP contribution in [-0.4, -0.2) is 23.8 Å². The smallest absolute Gasteiger partial charge is 0.328 e. The zero-order valence-corrected chi connectivity index (χ0v) is 7.30. The van der Waals surface area contributed by atoms with E-state index >= 15 is 0 Å². The van der Waals surface area contributed by atoms with Crippen LogP contribution < -0.4 is 5.48 Å². The Bertz CT molecular complexity index is 164. The third kappa shape index (κ3) is 1.59. The van der Waals surface area contributed by atoms with Gasteiger partial charge in [-0.1, -0.05) is 19.3 Å². The molecule has 1 rings (SSSR count). The van der Waals surface area contributed by atoms with Gasteiger partial charge in [0, 0.05) is 0 Å². The number of hydroxylamine groups is 1. The molecule has 1 saturated carbocycles. The highest BCUT2D eigenvalue weighted by molar-refractivity contribution is 5.80. The molecule has 4 nitrogen and oxygen atoms in total. The first-order valence-corrected chi connectivity index (χ1v) is 4.25. The van der Waals surface area contributed by atoms with E-state index in [1.165, 1.54) is 7.11 Å². The second kappa shape index (κ2) is 3.87. The Morgan fingerprint density at radius 1 is 1.42 bits per heavy atom.